The Labute approximate surface area is 131 Å². The highest BCUT2D eigenvalue weighted by Crippen LogP contribution is 2.15. The van der Waals surface area contributed by atoms with E-state index in [0.29, 0.717) is 0 Å². The van der Waals surface area contributed by atoms with E-state index in [1.54, 1.807) is 0 Å². The monoisotopic (exact) mass is 291 g/mol. The van der Waals surface area contributed by atoms with E-state index in [1.165, 1.54) is 63.6 Å². The molecule has 0 saturated carbocycles. The van der Waals surface area contributed by atoms with Crippen molar-refractivity contribution >= 4 is 0 Å². The lowest BCUT2D eigenvalue weighted by molar-refractivity contribution is 0.242. The second-order valence-corrected chi connectivity index (χ2v) is 6.08. The summed E-state index contributed by atoms with van der Waals surface area (Å²) in [6, 6.07) is 8.57. The van der Waals surface area contributed by atoms with Crippen molar-refractivity contribution in [2.75, 3.05) is 13.1 Å². The van der Waals surface area contributed by atoms with E-state index < -0.39 is 0 Å². The van der Waals surface area contributed by atoms with Crippen molar-refractivity contribution in [1.29, 1.82) is 0 Å². The van der Waals surface area contributed by atoms with Gasteiger partial charge in [0.2, 0.25) is 0 Å². The molecule has 0 aromatic heterocycles. The van der Waals surface area contributed by atoms with Crippen LogP contribution in [0.15, 0.2) is 24.3 Å². The van der Waals surface area contributed by atoms with E-state index in [2.05, 4.69) is 50.4 Å². The molecule has 2 nitrogen and oxygen atoms in total. The Kier molecular flexibility index (Phi) is 9.98. The molecule has 21 heavy (non-hydrogen) atoms. The second-order valence-electron chi connectivity index (χ2n) is 6.08. The minimum Gasteiger partial charge on any atom is -0.491 e. The van der Waals surface area contributed by atoms with Crippen LogP contribution >= 0.6 is 0 Å². The molecule has 1 aromatic carbocycles. The van der Waals surface area contributed by atoms with E-state index in [1.807, 2.05) is 0 Å². The Morgan fingerprint density at radius 2 is 1.57 bits per heavy atom. The molecule has 0 unspecified atom stereocenters. The van der Waals surface area contributed by atoms with Crippen LogP contribution in [0.3, 0.4) is 0 Å². The zero-order valence-electron chi connectivity index (χ0n) is 14.2. The Hall–Kier alpha value is -1.02. The molecule has 0 fully saturated rings. The summed E-state index contributed by atoms with van der Waals surface area (Å²) in [7, 11) is 0. The van der Waals surface area contributed by atoms with Crippen LogP contribution in [0.5, 0.6) is 5.75 Å². The summed E-state index contributed by atoms with van der Waals surface area (Å²) in [6.07, 6.45) is 9.29. The molecule has 0 heterocycles. The normalized spacial score (nSPS) is 11.0. The van der Waals surface area contributed by atoms with Crippen molar-refractivity contribution in [3.8, 4) is 5.75 Å². The summed E-state index contributed by atoms with van der Waals surface area (Å²) in [5, 5.41) is 3.53. The van der Waals surface area contributed by atoms with Crippen molar-refractivity contribution in [1.82, 2.24) is 5.32 Å². The number of aryl methyl sites for hydroxylation is 1. The van der Waals surface area contributed by atoms with Gasteiger partial charge in [0.25, 0.3) is 0 Å². The molecule has 1 rings (SSSR count). The first kappa shape index (κ1) is 18.0. The first-order valence-corrected chi connectivity index (χ1v) is 8.68. The van der Waals surface area contributed by atoms with Gasteiger partial charge in [0.15, 0.2) is 0 Å². The van der Waals surface area contributed by atoms with Crippen LogP contribution in [0.25, 0.3) is 0 Å². The van der Waals surface area contributed by atoms with Crippen LogP contribution in [0, 0.1) is 0 Å². The highest BCUT2D eigenvalue weighted by Gasteiger charge is 1.98. The van der Waals surface area contributed by atoms with Gasteiger partial charge in [-0.15, -0.1) is 0 Å². The van der Waals surface area contributed by atoms with E-state index in [9.17, 15) is 0 Å². The number of unbranched alkanes of at least 4 members (excludes halogenated alkanes) is 4. The fourth-order valence-electron chi connectivity index (χ4n) is 2.39. The van der Waals surface area contributed by atoms with Crippen LogP contribution in [0.4, 0.5) is 0 Å². The van der Waals surface area contributed by atoms with Crippen LogP contribution < -0.4 is 10.1 Å². The fraction of sp³-hybridized carbons (Fsp3) is 0.684. The van der Waals surface area contributed by atoms with Gasteiger partial charge in [-0.25, -0.2) is 0 Å². The van der Waals surface area contributed by atoms with Gasteiger partial charge in [0.1, 0.15) is 5.75 Å². The molecule has 0 amide bonds. The lowest BCUT2D eigenvalue weighted by Gasteiger charge is -2.10. The molecule has 0 atom stereocenters. The minimum atomic E-state index is 0.251. The Morgan fingerprint density at radius 1 is 0.905 bits per heavy atom. The van der Waals surface area contributed by atoms with Crippen LogP contribution in [0.1, 0.15) is 64.9 Å². The van der Waals surface area contributed by atoms with Gasteiger partial charge in [-0.05, 0) is 70.3 Å². The van der Waals surface area contributed by atoms with E-state index >= 15 is 0 Å². The minimum absolute atomic E-state index is 0.251. The molecular weight excluding hydrogens is 258 g/mol. The average molecular weight is 291 g/mol. The number of benzene rings is 1. The summed E-state index contributed by atoms with van der Waals surface area (Å²) >= 11 is 0. The third kappa shape index (κ3) is 9.52. The molecule has 0 saturated heterocycles. The molecule has 2 heteroatoms. The largest absolute Gasteiger partial charge is 0.491 e. The highest BCUT2D eigenvalue weighted by molar-refractivity contribution is 5.27. The summed E-state index contributed by atoms with van der Waals surface area (Å²) < 4.78 is 5.66. The first-order valence-electron chi connectivity index (χ1n) is 8.68. The molecule has 1 N–H and O–H groups in total. The van der Waals surface area contributed by atoms with Gasteiger partial charge in [0, 0.05) is 0 Å². The SMILES string of the molecule is CCCCCNCCCCCc1ccc(OC(C)C)cc1. The lowest BCUT2D eigenvalue weighted by Crippen LogP contribution is -2.16. The zero-order chi connectivity index (χ0) is 15.3. The number of ether oxygens (including phenoxy) is 1. The van der Waals surface area contributed by atoms with Crippen LogP contribution in [-0.2, 0) is 6.42 Å². The summed E-state index contributed by atoms with van der Waals surface area (Å²) in [6.45, 7) is 8.73. The maximum absolute atomic E-state index is 5.66. The van der Waals surface area contributed by atoms with Crippen molar-refractivity contribution in [2.45, 2.75) is 71.8 Å². The number of nitrogens with one attached hydrogen (secondary N) is 1. The third-order valence-electron chi connectivity index (χ3n) is 3.57. The van der Waals surface area contributed by atoms with Gasteiger partial charge in [-0.1, -0.05) is 38.3 Å². The molecule has 0 bridgehead atoms. The number of hydrogen-bond acceptors (Lipinski definition) is 2. The third-order valence-corrected chi connectivity index (χ3v) is 3.57. The number of rotatable bonds is 12. The zero-order valence-corrected chi connectivity index (χ0v) is 14.2. The summed E-state index contributed by atoms with van der Waals surface area (Å²) in [5.74, 6) is 0.977. The Morgan fingerprint density at radius 3 is 2.19 bits per heavy atom. The molecule has 0 spiro atoms. The predicted molar refractivity (Wildman–Crippen MR) is 92.2 cm³/mol. The van der Waals surface area contributed by atoms with Crippen molar-refractivity contribution in [3.63, 3.8) is 0 Å². The van der Waals surface area contributed by atoms with E-state index in [0.717, 1.165) is 5.75 Å². The first-order chi connectivity index (χ1) is 10.2. The van der Waals surface area contributed by atoms with Gasteiger partial charge in [-0.3, -0.25) is 0 Å². The van der Waals surface area contributed by atoms with Crippen molar-refractivity contribution in [3.05, 3.63) is 29.8 Å². The van der Waals surface area contributed by atoms with Gasteiger partial charge in [-0.2, -0.15) is 0 Å². The second kappa shape index (κ2) is 11.6. The van der Waals surface area contributed by atoms with E-state index in [4.69, 9.17) is 4.74 Å². The lowest BCUT2D eigenvalue weighted by atomic mass is 10.1. The smallest absolute Gasteiger partial charge is 0.119 e. The number of hydrogen-bond donors (Lipinski definition) is 1. The maximum Gasteiger partial charge on any atom is 0.119 e. The van der Waals surface area contributed by atoms with Crippen molar-refractivity contribution < 1.29 is 4.74 Å². The molecule has 0 radical (unpaired) electrons. The average Bonchev–Trinajstić information content (AvgIpc) is 2.47. The quantitative estimate of drug-likeness (QED) is 0.549. The highest BCUT2D eigenvalue weighted by atomic mass is 16.5. The topological polar surface area (TPSA) is 21.3 Å². The van der Waals surface area contributed by atoms with Crippen molar-refractivity contribution in [2.24, 2.45) is 0 Å². The maximum atomic E-state index is 5.66. The molecule has 0 aliphatic carbocycles. The molecule has 120 valence electrons. The molecule has 1 aromatic rings. The standard InChI is InChI=1S/C19H33NO/c1-4-5-8-15-20-16-9-6-7-10-18-11-13-19(14-12-18)21-17(2)3/h11-14,17,20H,4-10,15-16H2,1-3H3. The summed E-state index contributed by atoms with van der Waals surface area (Å²) in [5.41, 5.74) is 1.42. The Balaban J connectivity index is 2.02. The Bertz CT molecular complexity index is 345. The van der Waals surface area contributed by atoms with Gasteiger partial charge in [0.05, 0.1) is 6.10 Å². The fourth-order valence-corrected chi connectivity index (χ4v) is 2.39. The van der Waals surface area contributed by atoms with Crippen LogP contribution in [-0.4, -0.2) is 19.2 Å². The van der Waals surface area contributed by atoms with Crippen LogP contribution in [0.2, 0.25) is 0 Å². The van der Waals surface area contributed by atoms with E-state index in [-0.39, 0.29) is 6.10 Å². The molecular formula is C19H33NO. The molecule has 0 aliphatic heterocycles. The summed E-state index contributed by atoms with van der Waals surface area (Å²) in [4.78, 5) is 0. The predicted octanol–water partition coefficient (Wildman–Crippen LogP) is 4.97. The van der Waals surface area contributed by atoms with Gasteiger partial charge < -0.3 is 10.1 Å². The molecule has 0 aliphatic rings. The van der Waals surface area contributed by atoms with Gasteiger partial charge >= 0.3 is 0 Å².